The van der Waals surface area contributed by atoms with E-state index in [1.807, 2.05) is 0 Å². The van der Waals surface area contributed by atoms with Crippen LogP contribution in [0.2, 0.25) is 0 Å². The van der Waals surface area contributed by atoms with Crippen LogP contribution in [0.5, 0.6) is 0 Å². The van der Waals surface area contributed by atoms with Crippen molar-refractivity contribution in [2.45, 2.75) is 0 Å². The van der Waals surface area contributed by atoms with Crippen LogP contribution < -0.4 is 0 Å². The molecule has 13 rings (SSSR count). The molecular formula is C57H33N3S. The summed E-state index contributed by atoms with van der Waals surface area (Å²) in [5, 5.41) is 16.1. The summed E-state index contributed by atoms with van der Waals surface area (Å²) in [7, 11) is 0. The van der Waals surface area contributed by atoms with Crippen molar-refractivity contribution >= 4 is 86.1 Å². The maximum atomic E-state index is 5.40. The van der Waals surface area contributed by atoms with E-state index in [4.69, 9.17) is 15.0 Å². The lowest BCUT2D eigenvalue weighted by Crippen LogP contribution is -2.01. The van der Waals surface area contributed by atoms with Gasteiger partial charge >= 0.3 is 0 Å². The number of hydrogen-bond acceptors (Lipinski definition) is 4. The van der Waals surface area contributed by atoms with E-state index in [0.29, 0.717) is 17.5 Å². The molecule has 13 aromatic rings. The first-order valence-electron chi connectivity index (χ1n) is 20.7. The highest BCUT2D eigenvalue weighted by Gasteiger charge is 2.20. The van der Waals surface area contributed by atoms with E-state index in [9.17, 15) is 0 Å². The van der Waals surface area contributed by atoms with Gasteiger partial charge in [-0.05, 0) is 117 Å². The Morgan fingerprint density at radius 2 is 0.787 bits per heavy atom. The molecule has 0 aliphatic carbocycles. The zero-order valence-corrected chi connectivity index (χ0v) is 33.6. The smallest absolute Gasteiger partial charge is 0.164 e. The first-order chi connectivity index (χ1) is 30.2. The minimum absolute atomic E-state index is 0.634. The quantitative estimate of drug-likeness (QED) is 0.163. The number of thiophene rings is 1. The highest BCUT2D eigenvalue weighted by Crippen LogP contribution is 2.45. The maximum absolute atomic E-state index is 5.40. The zero-order chi connectivity index (χ0) is 40.0. The van der Waals surface area contributed by atoms with Crippen molar-refractivity contribution in [1.82, 2.24) is 15.0 Å². The van der Waals surface area contributed by atoms with Gasteiger partial charge in [-0.1, -0.05) is 170 Å². The molecule has 0 fully saturated rings. The van der Waals surface area contributed by atoms with Crippen LogP contribution in [0.4, 0.5) is 0 Å². The molecule has 0 spiro atoms. The lowest BCUT2D eigenvalue weighted by Gasteiger charge is -2.17. The van der Waals surface area contributed by atoms with E-state index in [1.165, 1.54) is 74.2 Å². The third-order valence-corrected chi connectivity index (χ3v) is 13.6. The normalized spacial score (nSPS) is 11.9. The number of fused-ring (bicyclic) bond motifs is 3. The van der Waals surface area contributed by atoms with Crippen molar-refractivity contribution in [2.75, 3.05) is 0 Å². The Kier molecular flexibility index (Phi) is 7.47. The zero-order valence-electron chi connectivity index (χ0n) is 32.8. The summed E-state index contributed by atoms with van der Waals surface area (Å²) in [6.45, 7) is 0. The molecule has 282 valence electrons. The fourth-order valence-electron chi connectivity index (χ4n) is 9.65. The molecule has 4 heteroatoms. The highest BCUT2D eigenvalue weighted by atomic mass is 32.1. The van der Waals surface area contributed by atoms with Crippen molar-refractivity contribution in [2.24, 2.45) is 0 Å². The standard InChI is InChI=1S/C57H33N3S/c1-2-12-34(13-3-1)43-20-5-6-21-47(43)57-59-55(41-19-8-18-38(30-41)50-33-39-14-4-7-25-49(39)61-50)58-56(60-57)42-31-40-29-28-37-16-10-23-45-44-22-9-15-35-26-27-36-17-11-24-46(53(36)51(35)44)48(32-42)54(40)52(37)45/h1-33H. The monoisotopic (exact) mass is 791 g/mol. The van der Waals surface area contributed by atoms with Crippen LogP contribution in [0, 0.1) is 0 Å². The van der Waals surface area contributed by atoms with Gasteiger partial charge in [0.1, 0.15) is 0 Å². The molecule has 3 nitrogen and oxygen atoms in total. The van der Waals surface area contributed by atoms with Crippen LogP contribution in [0.25, 0.3) is 130 Å². The van der Waals surface area contributed by atoms with E-state index in [2.05, 4.69) is 200 Å². The Hall–Kier alpha value is -7.79. The third kappa shape index (κ3) is 5.39. The van der Waals surface area contributed by atoms with Gasteiger partial charge in [0.2, 0.25) is 0 Å². The highest BCUT2D eigenvalue weighted by molar-refractivity contribution is 7.22. The van der Waals surface area contributed by atoms with Crippen LogP contribution >= 0.6 is 11.3 Å². The number of rotatable bonds is 5. The summed E-state index contributed by atoms with van der Waals surface area (Å²) in [5.74, 6) is 1.90. The third-order valence-electron chi connectivity index (χ3n) is 12.4. The number of hydrogen-bond donors (Lipinski definition) is 0. The first-order valence-corrected chi connectivity index (χ1v) is 21.5. The number of benzene rings is 10. The van der Waals surface area contributed by atoms with E-state index in [1.54, 1.807) is 11.3 Å². The minimum atomic E-state index is 0.634. The molecule has 0 saturated heterocycles. The van der Waals surface area contributed by atoms with Crippen LogP contribution in [0.1, 0.15) is 0 Å². The van der Waals surface area contributed by atoms with Crippen LogP contribution in [0.3, 0.4) is 0 Å². The summed E-state index contributed by atoms with van der Waals surface area (Å²) in [5.41, 5.74) is 6.17. The van der Waals surface area contributed by atoms with Crippen molar-refractivity contribution < 1.29 is 0 Å². The van der Waals surface area contributed by atoms with Gasteiger partial charge in [-0.15, -0.1) is 11.3 Å². The number of nitrogens with zero attached hydrogens (tertiary/aromatic N) is 3. The van der Waals surface area contributed by atoms with Gasteiger partial charge in [-0.3, -0.25) is 0 Å². The van der Waals surface area contributed by atoms with E-state index in [0.717, 1.165) is 38.8 Å². The Bertz CT molecular complexity index is 3850. The molecule has 0 radical (unpaired) electrons. The average Bonchev–Trinajstić information content (AvgIpc) is 3.77. The largest absolute Gasteiger partial charge is 0.208 e. The lowest BCUT2D eigenvalue weighted by atomic mass is 9.87. The summed E-state index contributed by atoms with van der Waals surface area (Å²) < 4.78 is 1.27. The Morgan fingerprint density at radius 3 is 1.49 bits per heavy atom. The van der Waals surface area contributed by atoms with Crippen molar-refractivity contribution in [3.63, 3.8) is 0 Å². The summed E-state index contributed by atoms with van der Waals surface area (Å²) >= 11 is 1.81. The molecule has 0 bridgehead atoms. The van der Waals surface area contributed by atoms with Crippen molar-refractivity contribution in [1.29, 1.82) is 0 Å². The average molecular weight is 792 g/mol. The summed E-state index contributed by atoms with van der Waals surface area (Å²) in [6, 6.07) is 72.3. The molecule has 0 atom stereocenters. The predicted octanol–water partition coefficient (Wildman–Crippen LogP) is 15.8. The molecule has 0 N–H and O–H groups in total. The van der Waals surface area contributed by atoms with Crippen LogP contribution in [-0.2, 0) is 0 Å². The molecule has 61 heavy (non-hydrogen) atoms. The Morgan fingerprint density at radius 1 is 0.279 bits per heavy atom. The van der Waals surface area contributed by atoms with E-state index < -0.39 is 0 Å². The molecule has 0 unspecified atom stereocenters. The lowest BCUT2D eigenvalue weighted by molar-refractivity contribution is 1.08. The van der Waals surface area contributed by atoms with Crippen LogP contribution in [0.15, 0.2) is 200 Å². The SMILES string of the molecule is c1ccc(-c2ccccc2-c2nc(-c3cccc(-c4cc5ccccc5s4)c3)nc(-c3cc4ccc5cccc6c7cccc8ccc9cccc(c(c3)c4c56)c9c87)n2)cc1. The molecule has 2 aromatic heterocycles. The van der Waals surface area contributed by atoms with Crippen molar-refractivity contribution in [3.8, 4) is 55.7 Å². The maximum Gasteiger partial charge on any atom is 0.164 e. The van der Waals surface area contributed by atoms with Gasteiger partial charge in [-0.2, -0.15) is 0 Å². The second kappa shape index (κ2) is 13.4. The van der Waals surface area contributed by atoms with E-state index in [-0.39, 0.29) is 0 Å². The molecule has 0 saturated carbocycles. The second-order valence-corrected chi connectivity index (χ2v) is 17.0. The Labute approximate surface area is 355 Å². The van der Waals surface area contributed by atoms with Crippen LogP contribution in [-0.4, -0.2) is 15.0 Å². The second-order valence-electron chi connectivity index (χ2n) is 15.9. The molecule has 11 aromatic carbocycles. The van der Waals surface area contributed by atoms with Crippen molar-refractivity contribution in [3.05, 3.63) is 200 Å². The fourth-order valence-corrected chi connectivity index (χ4v) is 10.7. The van der Waals surface area contributed by atoms with Gasteiger partial charge in [0.05, 0.1) is 0 Å². The van der Waals surface area contributed by atoms with Gasteiger partial charge in [-0.25, -0.2) is 15.0 Å². The molecular weight excluding hydrogens is 759 g/mol. The minimum Gasteiger partial charge on any atom is -0.208 e. The Balaban J connectivity index is 1.11. The van der Waals surface area contributed by atoms with Gasteiger partial charge in [0.25, 0.3) is 0 Å². The van der Waals surface area contributed by atoms with Gasteiger partial charge in [0, 0.05) is 26.3 Å². The topological polar surface area (TPSA) is 38.7 Å². The molecule has 0 aliphatic rings. The molecule has 0 amide bonds. The van der Waals surface area contributed by atoms with E-state index >= 15 is 0 Å². The predicted molar refractivity (Wildman–Crippen MR) is 259 cm³/mol. The van der Waals surface area contributed by atoms with Gasteiger partial charge < -0.3 is 0 Å². The molecule has 0 aliphatic heterocycles. The first kappa shape index (κ1) is 34.1. The molecule has 2 heterocycles. The summed E-state index contributed by atoms with van der Waals surface area (Å²) in [4.78, 5) is 17.3. The fraction of sp³-hybridized carbons (Fsp3) is 0. The number of aromatic nitrogens is 3. The summed E-state index contributed by atoms with van der Waals surface area (Å²) in [6.07, 6.45) is 0. The van der Waals surface area contributed by atoms with Gasteiger partial charge in [0.15, 0.2) is 17.5 Å².